The van der Waals surface area contributed by atoms with Crippen LogP contribution in [-0.4, -0.2) is 33.4 Å². The largest absolute Gasteiger partial charge is 0.350 e. The Balaban J connectivity index is 1.66. The van der Waals surface area contributed by atoms with Crippen LogP contribution in [0, 0.1) is 0 Å². The molecule has 1 aliphatic heterocycles. The first kappa shape index (κ1) is 25.6. The summed E-state index contributed by atoms with van der Waals surface area (Å²) in [5, 5.41) is 13.1. The van der Waals surface area contributed by atoms with Crippen molar-refractivity contribution in [2.45, 2.75) is 71.9 Å². The van der Waals surface area contributed by atoms with Gasteiger partial charge < -0.3 is 21.3 Å². The highest BCUT2D eigenvalue weighted by Gasteiger charge is 2.26. The second kappa shape index (κ2) is 9.85. The van der Waals surface area contributed by atoms with Gasteiger partial charge in [-0.05, 0) is 82.1 Å². The first-order chi connectivity index (χ1) is 16.9. The lowest BCUT2D eigenvalue weighted by atomic mass is 9.85. The summed E-state index contributed by atoms with van der Waals surface area (Å²) in [6, 6.07) is 11.9. The molecule has 1 amide bonds. The molecule has 4 N–H and O–H groups in total. The first-order valence-electron chi connectivity index (χ1n) is 12.5. The van der Waals surface area contributed by atoms with E-state index in [1.54, 1.807) is 12.3 Å². The van der Waals surface area contributed by atoms with Crippen LogP contribution in [0.2, 0.25) is 0 Å². The summed E-state index contributed by atoms with van der Waals surface area (Å²) < 4.78 is 0. The topological polar surface area (TPSA) is 104 Å². The standard InChI is InChI=1S/C28H37N7O/c1-17(2)31-25(36)20-9-11-23(32-19-8-10-21-18(16-19)12-15-30-28(21,6)7)34-24(20)35-26-29-14-13-22(33-26)27(3,4)5/h8-11,13-14,16-17,30H,12,15H2,1-7H3,(H,31,36)(H2,29,32,33,34,35). The van der Waals surface area contributed by atoms with Crippen molar-refractivity contribution in [2.75, 3.05) is 17.2 Å². The van der Waals surface area contributed by atoms with Gasteiger partial charge in [-0.1, -0.05) is 26.8 Å². The van der Waals surface area contributed by atoms with Gasteiger partial charge in [0, 0.05) is 28.9 Å². The number of carbonyl (C=O) groups excluding carboxylic acids is 1. The summed E-state index contributed by atoms with van der Waals surface area (Å²) in [6.07, 6.45) is 2.69. The zero-order valence-electron chi connectivity index (χ0n) is 22.3. The minimum atomic E-state index is -0.206. The van der Waals surface area contributed by atoms with Crippen molar-refractivity contribution in [3.05, 3.63) is 65.0 Å². The van der Waals surface area contributed by atoms with Crippen molar-refractivity contribution in [2.24, 2.45) is 0 Å². The number of anilines is 4. The molecule has 1 aromatic carbocycles. The van der Waals surface area contributed by atoms with Crippen LogP contribution in [0.1, 0.15) is 75.6 Å². The van der Waals surface area contributed by atoms with E-state index in [4.69, 9.17) is 4.98 Å². The highest BCUT2D eigenvalue weighted by Crippen LogP contribution is 2.31. The van der Waals surface area contributed by atoms with E-state index >= 15 is 0 Å². The van der Waals surface area contributed by atoms with E-state index in [1.807, 2.05) is 26.0 Å². The predicted molar refractivity (Wildman–Crippen MR) is 145 cm³/mol. The number of rotatable bonds is 6. The van der Waals surface area contributed by atoms with E-state index < -0.39 is 0 Å². The molecule has 36 heavy (non-hydrogen) atoms. The number of nitrogens with zero attached hydrogens (tertiary/aromatic N) is 3. The number of nitrogens with one attached hydrogen (secondary N) is 4. The lowest BCUT2D eigenvalue weighted by molar-refractivity contribution is 0.0943. The maximum Gasteiger partial charge on any atom is 0.255 e. The second-order valence-corrected chi connectivity index (χ2v) is 11.2. The van der Waals surface area contributed by atoms with Gasteiger partial charge >= 0.3 is 0 Å². The highest BCUT2D eigenvalue weighted by atomic mass is 16.1. The zero-order valence-corrected chi connectivity index (χ0v) is 22.3. The van der Waals surface area contributed by atoms with E-state index in [0.29, 0.717) is 23.1 Å². The predicted octanol–water partition coefficient (Wildman–Crippen LogP) is 5.18. The molecule has 0 fully saturated rings. The molecule has 3 heterocycles. The van der Waals surface area contributed by atoms with Crippen molar-refractivity contribution >= 4 is 29.2 Å². The molecular formula is C28H37N7O. The molecular weight excluding hydrogens is 450 g/mol. The third-order valence-corrected chi connectivity index (χ3v) is 6.23. The maximum atomic E-state index is 12.9. The summed E-state index contributed by atoms with van der Waals surface area (Å²) in [5.74, 6) is 1.21. The van der Waals surface area contributed by atoms with Crippen molar-refractivity contribution < 1.29 is 4.79 Å². The highest BCUT2D eigenvalue weighted by molar-refractivity contribution is 5.99. The molecule has 8 nitrogen and oxygen atoms in total. The molecule has 0 bridgehead atoms. The Labute approximate surface area is 213 Å². The normalized spacial score (nSPS) is 14.8. The number of pyridine rings is 1. The van der Waals surface area contributed by atoms with Gasteiger partial charge in [-0.25, -0.2) is 15.0 Å². The summed E-state index contributed by atoms with van der Waals surface area (Å²) in [5.41, 5.74) is 4.73. The molecule has 0 saturated carbocycles. The molecule has 1 aliphatic rings. The van der Waals surface area contributed by atoms with Gasteiger partial charge in [-0.15, -0.1) is 0 Å². The number of hydrogen-bond donors (Lipinski definition) is 4. The minimum Gasteiger partial charge on any atom is -0.350 e. The fourth-order valence-electron chi connectivity index (χ4n) is 4.33. The summed E-state index contributed by atoms with van der Waals surface area (Å²) in [7, 11) is 0. The van der Waals surface area contributed by atoms with Crippen LogP contribution in [-0.2, 0) is 17.4 Å². The van der Waals surface area contributed by atoms with E-state index in [9.17, 15) is 4.79 Å². The third-order valence-electron chi connectivity index (χ3n) is 6.23. The van der Waals surface area contributed by atoms with Gasteiger partial charge in [-0.3, -0.25) is 4.79 Å². The van der Waals surface area contributed by atoms with Crippen LogP contribution in [0.5, 0.6) is 0 Å². The van der Waals surface area contributed by atoms with Gasteiger partial charge in [0.1, 0.15) is 11.6 Å². The van der Waals surface area contributed by atoms with Gasteiger partial charge in [-0.2, -0.15) is 0 Å². The monoisotopic (exact) mass is 487 g/mol. The van der Waals surface area contributed by atoms with Gasteiger partial charge in [0.15, 0.2) is 0 Å². The number of benzene rings is 1. The first-order valence-corrected chi connectivity index (χ1v) is 12.5. The lowest BCUT2D eigenvalue weighted by Gasteiger charge is -2.34. The van der Waals surface area contributed by atoms with Crippen LogP contribution >= 0.6 is 0 Å². The Hall–Kier alpha value is -3.52. The van der Waals surface area contributed by atoms with Crippen molar-refractivity contribution in [3.63, 3.8) is 0 Å². The van der Waals surface area contributed by atoms with Crippen LogP contribution in [0.4, 0.5) is 23.3 Å². The van der Waals surface area contributed by atoms with Crippen molar-refractivity contribution in [1.29, 1.82) is 0 Å². The van der Waals surface area contributed by atoms with Crippen LogP contribution < -0.4 is 21.3 Å². The number of hydrogen-bond acceptors (Lipinski definition) is 7. The smallest absolute Gasteiger partial charge is 0.255 e. The summed E-state index contributed by atoms with van der Waals surface area (Å²) >= 11 is 0. The van der Waals surface area contributed by atoms with Gasteiger partial charge in [0.05, 0.1) is 11.3 Å². The fourth-order valence-corrected chi connectivity index (χ4v) is 4.33. The Morgan fingerprint density at radius 3 is 2.56 bits per heavy atom. The number of fused-ring (bicyclic) bond motifs is 1. The third kappa shape index (κ3) is 5.82. The summed E-state index contributed by atoms with van der Waals surface area (Å²) in [6.45, 7) is 15.5. The van der Waals surface area contributed by atoms with Crippen LogP contribution in [0.3, 0.4) is 0 Å². The van der Waals surface area contributed by atoms with Crippen molar-refractivity contribution in [1.82, 2.24) is 25.6 Å². The lowest BCUT2D eigenvalue weighted by Crippen LogP contribution is -2.42. The molecule has 0 radical (unpaired) electrons. The molecule has 0 unspecified atom stereocenters. The number of amides is 1. The van der Waals surface area contributed by atoms with Gasteiger partial charge in [0.2, 0.25) is 5.95 Å². The minimum absolute atomic E-state index is 0.00199. The molecule has 0 aliphatic carbocycles. The Morgan fingerprint density at radius 2 is 1.83 bits per heavy atom. The Morgan fingerprint density at radius 1 is 1.06 bits per heavy atom. The van der Waals surface area contributed by atoms with Crippen LogP contribution in [0.25, 0.3) is 0 Å². The van der Waals surface area contributed by atoms with Crippen molar-refractivity contribution in [3.8, 4) is 0 Å². The van der Waals surface area contributed by atoms with E-state index in [0.717, 1.165) is 24.3 Å². The maximum absolute atomic E-state index is 12.9. The van der Waals surface area contributed by atoms with E-state index in [-0.39, 0.29) is 22.9 Å². The average Bonchev–Trinajstić information content (AvgIpc) is 2.78. The molecule has 4 rings (SSSR count). The molecule has 3 aromatic rings. The average molecular weight is 488 g/mol. The molecule has 190 valence electrons. The second-order valence-electron chi connectivity index (χ2n) is 11.2. The molecule has 8 heteroatoms. The quantitative estimate of drug-likeness (QED) is 0.380. The van der Waals surface area contributed by atoms with Gasteiger partial charge in [0.25, 0.3) is 5.91 Å². The summed E-state index contributed by atoms with van der Waals surface area (Å²) in [4.78, 5) is 26.7. The Kier molecular flexibility index (Phi) is 7.00. The SMILES string of the molecule is CC(C)NC(=O)c1ccc(Nc2ccc3c(c2)CCNC3(C)C)nc1Nc1nccc(C(C)(C)C)n1. The number of aromatic nitrogens is 3. The fraction of sp³-hybridized carbons (Fsp3) is 0.429. The molecule has 2 aromatic heterocycles. The molecule has 0 spiro atoms. The number of carbonyl (C=O) groups is 1. The molecule has 0 atom stereocenters. The van der Waals surface area contributed by atoms with Crippen LogP contribution in [0.15, 0.2) is 42.6 Å². The van der Waals surface area contributed by atoms with E-state index in [1.165, 1.54) is 11.1 Å². The van der Waals surface area contributed by atoms with E-state index in [2.05, 4.69) is 84.1 Å². The zero-order chi connectivity index (χ0) is 26.1. The Bertz CT molecular complexity index is 1260. The molecule has 0 saturated heterocycles.